The monoisotopic (exact) mass is 572 g/mol. The maximum absolute atomic E-state index is 11.3. The van der Waals surface area contributed by atoms with Gasteiger partial charge in [0.15, 0.2) is 11.6 Å². The fourth-order valence-electron chi connectivity index (χ4n) is 3.30. The number of benzene rings is 3. The van der Waals surface area contributed by atoms with Crippen LogP contribution in [0.15, 0.2) is 91.5 Å². The van der Waals surface area contributed by atoms with Crippen LogP contribution in [0, 0.1) is 13.1 Å². The fraction of sp³-hybridized carbons (Fsp3) is 0.242. The van der Waals surface area contributed by atoms with E-state index in [1.807, 2.05) is 114 Å². The van der Waals surface area contributed by atoms with Crippen LogP contribution in [0.4, 0.5) is 5.69 Å². The van der Waals surface area contributed by atoms with Crippen LogP contribution in [-0.4, -0.2) is 11.6 Å². The molecule has 195 valence electrons. The van der Waals surface area contributed by atoms with E-state index >= 15 is 0 Å². The number of para-hydroxylation sites is 1. The van der Waals surface area contributed by atoms with E-state index in [1.54, 1.807) is 0 Å². The molecule has 0 fully saturated rings. The van der Waals surface area contributed by atoms with Gasteiger partial charge in [-0.1, -0.05) is 103 Å². The van der Waals surface area contributed by atoms with Gasteiger partial charge in [-0.3, -0.25) is 16.6 Å². The fourth-order valence-corrected chi connectivity index (χ4v) is 3.30. The Morgan fingerprint density at radius 1 is 0.730 bits per heavy atom. The minimum absolute atomic E-state index is 0. The molecule has 4 heteroatoms. The molecule has 37 heavy (non-hydrogen) atoms. The van der Waals surface area contributed by atoms with Crippen LogP contribution in [0.2, 0.25) is 0 Å². The SMILES string of the molecule is C=C1C(=O)Cc2ccccc21.C=C1Cc2ccccc2C1=O.CC.CC.CC.[CH2-]Nc1[c-]cccc1.[Y]. The zero-order chi connectivity index (χ0) is 27.5. The van der Waals surface area contributed by atoms with Gasteiger partial charge in [-0.15, -0.1) is 5.69 Å². The van der Waals surface area contributed by atoms with Crippen LogP contribution in [-0.2, 0) is 50.3 Å². The molecule has 1 radical (unpaired) electrons. The molecule has 5 rings (SSSR count). The van der Waals surface area contributed by atoms with E-state index in [0.29, 0.717) is 17.6 Å². The van der Waals surface area contributed by atoms with Crippen molar-refractivity contribution in [2.24, 2.45) is 0 Å². The van der Waals surface area contributed by atoms with Crippen molar-refractivity contribution in [3.63, 3.8) is 0 Å². The Morgan fingerprint density at radius 2 is 1.22 bits per heavy atom. The molecule has 2 aliphatic rings. The van der Waals surface area contributed by atoms with Crippen LogP contribution < -0.4 is 5.32 Å². The molecule has 3 aromatic rings. The van der Waals surface area contributed by atoms with Crippen LogP contribution in [0.1, 0.15) is 68.6 Å². The summed E-state index contributed by atoms with van der Waals surface area (Å²) < 4.78 is 0. The zero-order valence-electron chi connectivity index (χ0n) is 23.4. The molecule has 0 heterocycles. The Labute approximate surface area is 250 Å². The van der Waals surface area contributed by atoms with Gasteiger partial charge in [0.25, 0.3) is 0 Å². The summed E-state index contributed by atoms with van der Waals surface area (Å²) >= 11 is 0. The zero-order valence-corrected chi connectivity index (χ0v) is 26.2. The standard InChI is InChI=1S/2C10H8O.C7H7N.3C2H6.Y/c1-7-9-5-3-2-4-8(9)6-10(7)11;1-7-6-8-4-2-3-5-9(8)10(7)11;1-8-7-5-3-2-4-6-7;3*1-2;/h2*2-5H,1,6H2;2-5,8H,1H2;3*1-2H3;/q;;-2;;;;. The molecule has 0 aromatic heterocycles. The molecule has 0 unspecified atom stereocenters. The number of anilines is 1. The third kappa shape index (κ3) is 11.5. The Bertz CT molecular complexity index is 1030. The smallest absolute Gasteiger partial charge is 0.189 e. The van der Waals surface area contributed by atoms with Crippen LogP contribution in [0.25, 0.3) is 5.57 Å². The maximum atomic E-state index is 11.3. The number of hydrogen-bond donors (Lipinski definition) is 1. The van der Waals surface area contributed by atoms with E-state index < -0.39 is 0 Å². The van der Waals surface area contributed by atoms with Gasteiger partial charge in [-0.2, -0.15) is 30.3 Å². The summed E-state index contributed by atoms with van der Waals surface area (Å²) in [5.41, 5.74) is 6.39. The first-order chi connectivity index (χ1) is 17.5. The number of Topliss-reactive ketones (excluding diaryl/α,β-unsaturated/α-hetero) is 2. The Morgan fingerprint density at radius 3 is 1.65 bits per heavy atom. The predicted molar refractivity (Wildman–Crippen MR) is 156 cm³/mol. The molecule has 0 spiro atoms. The minimum atomic E-state index is 0. The summed E-state index contributed by atoms with van der Waals surface area (Å²) in [7, 11) is 3.47. The van der Waals surface area contributed by atoms with Gasteiger partial charge < -0.3 is 5.32 Å². The Kier molecular flexibility index (Phi) is 21.2. The van der Waals surface area contributed by atoms with Gasteiger partial charge in [0.2, 0.25) is 0 Å². The van der Waals surface area contributed by atoms with Crippen molar-refractivity contribution in [3.8, 4) is 0 Å². The van der Waals surface area contributed by atoms with Crippen molar-refractivity contribution in [1.82, 2.24) is 0 Å². The van der Waals surface area contributed by atoms with Crippen molar-refractivity contribution >= 4 is 22.8 Å². The summed E-state index contributed by atoms with van der Waals surface area (Å²) in [6, 6.07) is 26.0. The third-order valence-electron chi connectivity index (χ3n) is 4.92. The largest absolute Gasteiger partial charge is 0.558 e. The van der Waals surface area contributed by atoms with Crippen LogP contribution >= 0.6 is 0 Å². The van der Waals surface area contributed by atoms with E-state index in [1.165, 1.54) is 0 Å². The van der Waals surface area contributed by atoms with Gasteiger partial charge in [-0.05, 0) is 22.3 Å². The van der Waals surface area contributed by atoms with Gasteiger partial charge in [-0.25, -0.2) is 0 Å². The Balaban J connectivity index is 0. The maximum Gasteiger partial charge on any atom is 0.189 e. The minimum Gasteiger partial charge on any atom is -0.558 e. The second kappa shape index (κ2) is 21.5. The van der Waals surface area contributed by atoms with Crippen molar-refractivity contribution in [3.05, 3.63) is 127 Å². The van der Waals surface area contributed by atoms with E-state index in [9.17, 15) is 9.59 Å². The van der Waals surface area contributed by atoms with E-state index in [-0.39, 0.29) is 44.3 Å². The molecule has 2 aliphatic carbocycles. The van der Waals surface area contributed by atoms with E-state index in [0.717, 1.165) is 34.4 Å². The quantitative estimate of drug-likeness (QED) is 0.235. The first kappa shape index (κ1) is 36.5. The molecule has 1 N–H and O–H groups in total. The summed E-state index contributed by atoms with van der Waals surface area (Å²) in [5.74, 6) is 0.270. The molecule has 0 saturated carbocycles. The van der Waals surface area contributed by atoms with Gasteiger partial charge in [0.05, 0.1) is 0 Å². The molecule has 0 bridgehead atoms. The third-order valence-corrected chi connectivity index (χ3v) is 4.92. The molecular weight excluding hydrogens is 531 g/mol. The molecule has 0 saturated heterocycles. The first-order valence-electron chi connectivity index (χ1n) is 12.6. The number of allylic oxidation sites excluding steroid dienone is 2. The van der Waals surface area contributed by atoms with Gasteiger partial charge in [0, 0.05) is 56.7 Å². The summed E-state index contributed by atoms with van der Waals surface area (Å²) in [6.45, 7) is 19.4. The average molecular weight is 573 g/mol. The van der Waals surface area contributed by atoms with Gasteiger partial charge in [0.1, 0.15) is 0 Å². The topological polar surface area (TPSA) is 46.2 Å². The first-order valence-corrected chi connectivity index (χ1v) is 12.6. The van der Waals surface area contributed by atoms with Crippen molar-refractivity contribution in [2.75, 3.05) is 5.32 Å². The molecule has 3 nitrogen and oxygen atoms in total. The van der Waals surface area contributed by atoms with Crippen LogP contribution in [0.3, 0.4) is 0 Å². The second-order valence-electron chi connectivity index (χ2n) is 6.96. The van der Waals surface area contributed by atoms with Crippen molar-refractivity contribution < 1.29 is 42.3 Å². The number of fused-ring (bicyclic) bond motifs is 2. The number of hydrogen-bond acceptors (Lipinski definition) is 3. The summed E-state index contributed by atoms with van der Waals surface area (Å²) in [4.78, 5) is 22.4. The predicted octanol–water partition coefficient (Wildman–Crippen LogP) is 8.57. The molecule has 3 aromatic carbocycles. The summed E-state index contributed by atoms with van der Waals surface area (Å²) in [5, 5.41) is 2.72. The normalized spacial score (nSPS) is 11.4. The number of carbonyl (C=O) groups is 2. The average Bonchev–Trinajstić information content (AvgIpc) is 3.42. The summed E-state index contributed by atoms with van der Waals surface area (Å²) in [6.07, 6.45) is 1.27. The van der Waals surface area contributed by atoms with Crippen molar-refractivity contribution in [1.29, 1.82) is 0 Å². The Hall–Kier alpha value is -2.62. The number of rotatable bonds is 1. The molecule has 0 amide bonds. The van der Waals surface area contributed by atoms with Gasteiger partial charge >= 0.3 is 0 Å². The van der Waals surface area contributed by atoms with E-state index in [4.69, 9.17) is 0 Å². The molecule has 0 atom stereocenters. The van der Waals surface area contributed by atoms with Crippen molar-refractivity contribution in [2.45, 2.75) is 54.4 Å². The van der Waals surface area contributed by atoms with Crippen LogP contribution in [0.5, 0.6) is 0 Å². The second-order valence-corrected chi connectivity index (χ2v) is 6.96. The molecular formula is C33H41NO2Y-2. The number of nitrogens with one attached hydrogen (secondary N) is 1. The number of ketones is 2. The molecule has 0 aliphatic heterocycles. The number of carbonyl (C=O) groups excluding carboxylic acids is 2. The van der Waals surface area contributed by atoms with E-state index in [2.05, 4.69) is 31.6 Å².